The maximum absolute atomic E-state index is 13.2. The molecule has 0 spiro atoms. The molecule has 1 aromatic carbocycles. The minimum absolute atomic E-state index is 0.117. The summed E-state index contributed by atoms with van der Waals surface area (Å²) in [5.41, 5.74) is 2.29. The molecule has 1 aromatic rings. The minimum Gasteiger partial charge on any atom is -0.384 e. The Hall–Kier alpha value is -1.05. The van der Waals surface area contributed by atoms with Crippen LogP contribution in [0.5, 0.6) is 0 Å². The number of hydrogen-bond donors (Lipinski definition) is 1. The maximum Gasteiger partial charge on any atom is 0.123 e. The molecule has 1 N–H and O–H groups in total. The molecule has 82 valence electrons. The van der Waals surface area contributed by atoms with Gasteiger partial charge in [0, 0.05) is 18.2 Å². The second-order valence-electron chi connectivity index (χ2n) is 4.30. The summed E-state index contributed by atoms with van der Waals surface area (Å²) in [6.45, 7) is 5.39. The highest BCUT2D eigenvalue weighted by atomic mass is 19.1. The van der Waals surface area contributed by atoms with Crippen molar-refractivity contribution >= 4 is 5.69 Å². The summed E-state index contributed by atoms with van der Waals surface area (Å²) in [5, 5.41) is 3.36. The van der Waals surface area contributed by atoms with Crippen molar-refractivity contribution in [2.24, 2.45) is 5.92 Å². The summed E-state index contributed by atoms with van der Waals surface area (Å²) in [6, 6.07) is 5.08. The fourth-order valence-electron chi connectivity index (χ4n) is 2.61. The van der Waals surface area contributed by atoms with Gasteiger partial charge in [-0.2, -0.15) is 0 Å². The first kappa shape index (κ1) is 10.5. The number of nitrogens with one attached hydrogen (secondary N) is 1. The van der Waals surface area contributed by atoms with Crippen LogP contribution < -0.4 is 5.32 Å². The highest BCUT2D eigenvalue weighted by molar-refractivity contribution is 5.58. The third-order valence-corrected chi connectivity index (χ3v) is 3.54. The van der Waals surface area contributed by atoms with Crippen LogP contribution in [-0.4, -0.2) is 6.54 Å². The monoisotopic (exact) mass is 207 g/mol. The Bertz CT molecular complexity index is 344. The first-order chi connectivity index (χ1) is 7.26. The number of benzene rings is 1. The van der Waals surface area contributed by atoms with Gasteiger partial charge in [-0.1, -0.05) is 26.7 Å². The van der Waals surface area contributed by atoms with Crippen LogP contribution in [0.4, 0.5) is 10.1 Å². The molecule has 0 radical (unpaired) electrons. The standard InChI is InChI=1S/C13H18FN/c1-3-9(4-2)12-8-15-13-6-5-10(14)7-11(12)13/h5-7,9,12,15H,3-4,8H2,1-2H3. The molecule has 1 heterocycles. The van der Waals surface area contributed by atoms with E-state index in [4.69, 9.17) is 0 Å². The third-order valence-electron chi connectivity index (χ3n) is 3.54. The molecular weight excluding hydrogens is 189 g/mol. The number of anilines is 1. The first-order valence-corrected chi connectivity index (χ1v) is 5.79. The van der Waals surface area contributed by atoms with Crippen LogP contribution in [0, 0.1) is 11.7 Å². The zero-order valence-corrected chi connectivity index (χ0v) is 9.39. The van der Waals surface area contributed by atoms with Gasteiger partial charge in [0.05, 0.1) is 0 Å². The maximum atomic E-state index is 13.2. The van der Waals surface area contributed by atoms with Gasteiger partial charge < -0.3 is 5.32 Å². The lowest BCUT2D eigenvalue weighted by Crippen LogP contribution is -2.13. The van der Waals surface area contributed by atoms with Crippen molar-refractivity contribution in [3.05, 3.63) is 29.6 Å². The van der Waals surface area contributed by atoms with Crippen LogP contribution in [0.2, 0.25) is 0 Å². The van der Waals surface area contributed by atoms with Crippen LogP contribution in [0.1, 0.15) is 38.2 Å². The van der Waals surface area contributed by atoms with E-state index in [0.717, 1.165) is 12.2 Å². The van der Waals surface area contributed by atoms with Crippen molar-refractivity contribution in [1.82, 2.24) is 0 Å². The first-order valence-electron chi connectivity index (χ1n) is 5.79. The van der Waals surface area contributed by atoms with Crippen LogP contribution in [0.3, 0.4) is 0 Å². The molecule has 1 nitrogen and oxygen atoms in total. The average molecular weight is 207 g/mol. The van der Waals surface area contributed by atoms with E-state index in [0.29, 0.717) is 11.8 Å². The molecule has 1 aliphatic heterocycles. The van der Waals surface area contributed by atoms with Gasteiger partial charge in [0.15, 0.2) is 0 Å². The van der Waals surface area contributed by atoms with E-state index in [1.54, 1.807) is 6.07 Å². The molecule has 2 heteroatoms. The predicted octanol–water partition coefficient (Wildman–Crippen LogP) is 3.77. The normalized spacial score (nSPS) is 19.1. The Kier molecular flexibility index (Phi) is 2.94. The van der Waals surface area contributed by atoms with E-state index in [1.807, 2.05) is 6.07 Å². The minimum atomic E-state index is -0.117. The zero-order chi connectivity index (χ0) is 10.8. The van der Waals surface area contributed by atoms with E-state index in [2.05, 4.69) is 19.2 Å². The molecule has 1 aliphatic rings. The predicted molar refractivity (Wildman–Crippen MR) is 61.7 cm³/mol. The molecule has 0 fully saturated rings. The molecule has 0 saturated heterocycles. The van der Waals surface area contributed by atoms with Crippen LogP contribution in [0.25, 0.3) is 0 Å². The summed E-state index contributed by atoms with van der Waals surface area (Å²) in [4.78, 5) is 0. The quantitative estimate of drug-likeness (QED) is 0.795. The van der Waals surface area contributed by atoms with Gasteiger partial charge in [0.25, 0.3) is 0 Å². The van der Waals surface area contributed by atoms with E-state index in [9.17, 15) is 4.39 Å². The number of fused-ring (bicyclic) bond motifs is 1. The van der Waals surface area contributed by atoms with Gasteiger partial charge in [-0.05, 0) is 29.7 Å². The van der Waals surface area contributed by atoms with Gasteiger partial charge in [-0.25, -0.2) is 4.39 Å². The molecule has 1 atom stereocenters. The molecule has 0 saturated carbocycles. The van der Waals surface area contributed by atoms with Crippen molar-refractivity contribution < 1.29 is 4.39 Å². The molecule has 0 bridgehead atoms. The summed E-state index contributed by atoms with van der Waals surface area (Å²) in [5.74, 6) is 1.04. The van der Waals surface area contributed by atoms with E-state index in [-0.39, 0.29) is 5.82 Å². The third kappa shape index (κ3) is 1.85. The van der Waals surface area contributed by atoms with Crippen molar-refractivity contribution in [1.29, 1.82) is 0 Å². The highest BCUT2D eigenvalue weighted by Crippen LogP contribution is 2.39. The van der Waals surface area contributed by atoms with Gasteiger partial charge in [0.1, 0.15) is 5.82 Å². The molecule has 2 rings (SSSR count). The average Bonchev–Trinajstić information content (AvgIpc) is 2.64. The Morgan fingerprint density at radius 1 is 1.40 bits per heavy atom. The lowest BCUT2D eigenvalue weighted by atomic mass is 9.84. The largest absolute Gasteiger partial charge is 0.384 e. The fraction of sp³-hybridized carbons (Fsp3) is 0.538. The Labute approximate surface area is 90.7 Å². The van der Waals surface area contributed by atoms with E-state index in [1.165, 1.54) is 24.5 Å². The Balaban J connectivity index is 2.30. The number of halogens is 1. The number of hydrogen-bond acceptors (Lipinski definition) is 1. The van der Waals surface area contributed by atoms with Crippen molar-refractivity contribution in [3.8, 4) is 0 Å². The Morgan fingerprint density at radius 2 is 2.13 bits per heavy atom. The zero-order valence-electron chi connectivity index (χ0n) is 9.39. The summed E-state index contributed by atoms with van der Waals surface area (Å²) >= 11 is 0. The lowest BCUT2D eigenvalue weighted by molar-refractivity contribution is 0.417. The van der Waals surface area contributed by atoms with E-state index < -0.39 is 0 Å². The molecule has 0 aliphatic carbocycles. The molecular formula is C13H18FN. The topological polar surface area (TPSA) is 12.0 Å². The summed E-state index contributed by atoms with van der Waals surface area (Å²) in [6.07, 6.45) is 2.33. The molecule has 1 unspecified atom stereocenters. The molecule has 0 amide bonds. The van der Waals surface area contributed by atoms with Gasteiger partial charge in [-0.15, -0.1) is 0 Å². The van der Waals surface area contributed by atoms with Crippen LogP contribution >= 0.6 is 0 Å². The van der Waals surface area contributed by atoms with Gasteiger partial charge in [0.2, 0.25) is 0 Å². The smallest absolute Gasteiger partial charge is 0.123 e. The molecule has 15 heavy (non-hydrogen) atoms. The highest BCUT2D eigenvalue weighted by Gasteiger charge is 2.27. The van der Waals surface area contributed by atoms with Crippen molar-refractivity contribution in [3.63, 3.8) is 0 Å². The van der Waals surface area contributed by atoms with Crippen LogP contribution in [-0.2, 0) is 0 Å². The van der Waals surface area contributed by atoms with E-state index >= 15 is 0 Å². The molecule has 0 aromatic heterocycles. The van der Waals surface area contributed by atoms with Crippen molar-refractivity contribution in [2.75, 3.05) is 11.9 Å². The van der Waals surface area contributed by atoms with Gasteiger partial charge in [-0.3, -0.25) is 0 Å². The second kappa shape index (κ2) is 4.21. The van der Waals surface area contributed by atoms with Crippen LogP contribution in [0.15, 0.2) is 18.2 Å². The lowest BCUT2D eigenvalue weighted by Gasteiger charge is -2.20. The fourth-order valence-corrected chi connectivity index (χ4v) is 2.61. The van der Waals surface area contributed by atoms with Crippen molar-refractivity contribution in [2.45, 2.75) is 32.6 Å². The second-order valence-corrected chi connectivity index (χ2v) is 4.30. The Morgan fingerprint density at radius 3 is 2.80 bits per heavy atom. The summed E-state index contributed by atoms with van der Waals surface area (Å²) in [7, 11) is 0. The van der Waals surface area contributed by atoms with Gasteiger partial charge >= 0.3 is 0 Å². The summed E-state index contributed by atoms with van der Waals surface area (Å²) < 4.78 is 13.2. The SMILES string of the molecule is CCC(CC)C1CNc2ccc(F)cc21. The number of rotatable bonds is 3.